The molecule has 1 saturated carbocycles. The van der Waals surface area contributed by atoms with Crippen LogP contribution in [-0.4, -0.2) is 12.6 Å². The van der Waals surface area contributed by atoms with Crippen molar-refractivity contribution in [2.45, 2.75) is 24.8 Å². The van der Waals surface area contributed by atoms with Crippen molar-refractivity contribution < 1.29 is 0 Å². The van der Waals surface area contributed by atoms with Crippen LogP contribution in [0.1, 0.15) is 24.3 Å². The molecule has 140 valence electrons. The molecule has 5 nitrogen and oxygen atoms in total. The van der Waals surface area contributed by atoms with E-state index in [-0.39, 0.29) is 30.2 Å². The van der Waals surface area contributed by atoms with Gasteiger partial charge < -0.3 is 4.90 Å². The van der Waals surface area contributed by atoms with E-state index in [1.54, 1.807) is 0 Å². The van der Waals surface area contributed by atoms with Crippen LogP contribution in [0.25, 0.3) is 0 Å². The zero-order valence-electron chi connectivity index (χ0n) is 15.9. The molecule has 2 fully saturated rings. The van der Waals surface area contributed by atoms with Crippen LogP contribution in [0, 0.1) is 73.9 Å². The van der Waals surface area contributed by atoms with E-state index in [1.165, 1.54) is 11.3 Å². The monoisotopic (exact) mass is 377 g/mol. The van der Waals surface area contributed by atoms with Crippen LogP contribution in [0.15, 0.2) is 48.6 Å². The van der Waals surface area contributed by atoms with E-state index in [0.717, 1.165) is 12.0 Å². The molecule has 1 aromatic carbocycles. The Hall–Kier alpha value is -3.54. The highest BCUT2D eigenvalue weighted by molar-refractivity contribution is 5.66. The number of piperidine rings is 1. The topological polar surface area (TPSA) is 98.4 Å². The molecular formula is C24H19N5. The third kappa shape index (κ3) is 1.81. The average molecular weight is 377 g/mol. The summed E-state index contributed by atoms with van der Waals surface area (Å²) in [7, 11) is 0. The number of nitriles is 4. The maximum absolute atomic E-state index is 10.2. The summed E-state index contributed by atoms with van der Waals surface area (Å²) < 4.78 is 0. The van der Waals surface area contributed by atoms with Crippen molar-refractivity contribution >= 4 is 5.69 Å². The molecule has 0 spiro atoms. The lowest BCUT2D eigenvalue weighted by molar-refractivity contribution is 0.122. The fraction of sp³-hybridized carbons (Fsp3) is 0.417. The minimum absolute atomic E-state index is 0.0241. The summed E-state index contributed by atoms with van der Waals surface area (Å²) in [4.78, 5) is 2.42. The summed E-state index contributed by atoms with van der Waals surface area (Å²) >= 11 is 0. The summed E-state index contributed by atoms with van der Waals surface area (Å²) in [6.45, 7) is 4.70. The Morgan fingerprint density at radius 2 is 1.79 bits per heavy atom. The molecule has 0 amide bonds. The van der Waals surface area contributed by atoms with E-state index < -0.39 is 16.7 Å². The number of anilines is 1. The number of para-hydroxylation sites is 1. The second kappa shape index (κ2) is 5.73. The minimum atomic E-state index is -1.66. The molecule has 0 aromatic heterocycles. The lowest BCUT2D eigenvalue weighted by Gasteiger charge is -2.51. The third-order valence-corrected chi connectivity index (χ3v) is 7.81. The molecular weight excluding hydrogens is 358 g/mol. The van der Waals surface area contributed by atoms with Gasteiger partial charge in [0, 0.05) is 36.5 Å². The number of fused-ring (bicyclic) bond motifs is 5. The number of hydrogen-bond donors (Lipinski definition) is 0. The Bertz CT molecular complexity index is 1090. The summed E-state index contributed by atoms with van der Waals surface area (Å²) in [5, 5.41) is 40.2. The Morgan fingerprint density at radius 3 is 2.45 bits per heavy atom. The second-order valence-corrected chi connectivity index (χ2v) is 8.62. The molecule has 1 saturated heterocycles. The molecule has 5 atom stereocenters. The van der Waals surface area contributed by atoms with Gasteiger partial charge in [0.2, 0.25) is 0 Å². The van der Waals surface area contributed by atoms with Gasteiger partial charge in [-0.1, -0.05) is 30.4 Å². The smallest absolute Gasteiger partial charge is 0.182 e. The molecule has 1 unspecified atom stereocenters. The van der Waals surface area contributed by atoms with Gasteiger partial charge in [-0.3, -0.25) is 0 Å². The van der Waals surface area contributed by atoms with E-state index in [4.69, 9.17) is 0 Å². The van der Waals surface area contributed by atoms with E-state index in [2.05, 4.69) is 54.0 Å². The van der Waals surface area contributed by atoms with Crippen molar-refractivity contribution in [3.63, 3.8) is 0 Å². The first kappa shape index (κ1) is 17.6. The predicted octanol–water partition coefficient (Wildman–Crippen LogP) is 3.81. The maximum atomic E-state index is 10.2. The van der Waals surface area contributed by atoms with Gasteiger partial charge in [-0.05, 0) is 35.5 Å². The van der Waals surface area contributed by atoms with Crippen molar-refractivity contribution in [2.24, 2.45) is 28.6 Å². The van der Waals surface area contributed by atoms with Gasteiger partial charge in [0.25, 0.3) is 0 Å². The van der Waals surface area contributed by atoms with Crippen molar-refractivity contribution in [1.29, 1.82) is 21.0 Å². The van der Waals surface area contributed by atoms with Crippen molar-refractivity contribution in [1.82, 2.24) is 0 Å². The normalized spacial score (nSPS) is 34.1. The molecule has 29 heavy (non-hydrogen) atoms. The molecule has 0 N–H and O–H groups in total. The zero-order valence-corrected chi connectivity index (χ0v) is 15.9. The molecule has 5 heteroatoms. The SMILES string of the molecule is C=C[C@H]1C[C@H]2C3C(=CCC(C#N)(C#N)C3(C#N)C#N)CN3c4ccccc4[C@H]1[C@H]23. The quantitative estimate of drug-likeness (QED) is 0.693. The van der Waals surface area contributed by atoms with Crippen LogP contribution < -0.4 is 4.90 Å². The predicted molar refractivity (Wildman–Crippen MR) is 106 cm³/mol. The number of allylic oxidation sites excluding steroid dienone is 2. The van der Waals surface area contributed by atoms with E-state index in [9.17, 15) is 21.0 Å². The standard InChI is InChI=1S/C24H19N5/c1-2-15-9-18-21-16(7-8-23(11-25,12-26)24(21,13-27)14-28)10-29-19-6-4-3-5-17(19)20(15)22(18)29/h2-7,15,18,20-22H,1,8-10H2/t15-,18-,20-,21?,22-/m0/s1. The van der Waals surface area contributed by atoms with Crippen molar-refractivity contribution in [3.05, 3.63) is 54.1 Å². The molecule has 0 radical (unpaired) electrons. The first-order valence-electron chi connectivity index (χ1n) is 9.93. The lowest BCUT2D eigenvalue weighted by Crippen LogP contribution is -2.57. The first-order chi connectivity index (χ1) is 14.1. The van der Waals surface area contributed by atoms with E-state index >= 15 is 0 Å². The Kier molecular flexibility index (Phi) is 3.47. The second-order valence-electron chi connectivity index (χ2n) is 8.62. The number of benzene rings is 1. The number of nitrogens with zero attached hydrogens (tertiary/aromatic N) is 5. The summed E-state index contributed by atoms with van der Waals surface area (Å²) in [5.74, 6) is 0.126. The molecule has 0 bridgehead atoms. The van der Waals surface area contributed by atoms with Gasteiger partial charge in [-0.2, -0.15) is 21.0 Å². The largest absolute Gasteiger partial charge is 0.363 e. The van der Waals surface area contributed by atoms with Crippen molar-refractivity contribution in [2.75, 3.05) is 11.4 Å². The van der Waals surface area contributed by atoms with Gasteiger partial charge in [-0.25, -0.2) is 0 Å². The van der Waals surface area contributed by atoms with Crippen LogP contribution in [0.3, 0.4) is 0 Å². The van der Waals surface area contributed by atoms with Crippen LogP contribution in [0.2, 0.25) is 0 Å². The molecule has 2 aliphatic heterocycles. The van der Waals surface area contributed by atoms with Crippen LogP contribution in [-0.2, 0) is 0 Å². The van der Waals surface area contributed by atoms with Crippen LogP contribution in [0.4, 0.5) is 5.69 Å². The zero-order chi connectivity index (χ0) is 20.4. The van der Waals surface area contributed by atoms with E-state index in [0.29, 0.717) is 6.54 Å². The third-order valence-electron chi connectivity index (χ3n) is 7.81. The summed E-state index contributed by atoms with van der Waals surface area (Å²) in [6.07, 6.45) is 4.88. The van der Waals surface area contributed by atoms with Gasteiger partial charge in [0.1, 0.15) is 0 Å². The highest BCUT2D eigenvalue weighted by Crippen LogP contribution is 2.65. The molecule has 2 heterocycles. The van der Waals surface area contributed by atoms with E-state index in [1.807, 2.05) is 18.2 Å². The molecule has 1 aromatic rings. The Balaban J connectivity index is 1.74. The molecule has 2 aliphatic carbocycles. The fourth-order valence-corrected chi connectivity index (χ4v) is 6.64. The Labute approximate surface area is 170 Å². The lowest BCUT2D eigenvalue weighted by atomic mass is 9.49. The number of hydrogen-bond acceptors (Lipinski definition) is 5. The Morgan fingerprint density at radius 1 is 1.07 bits per heavy atom. The fourth-order valence-electron chi connectivity index (χ4n) is 6.64. The summed E-state index contributed by atoms with van der Waals surface area (Å²) in [5.41, 5.74) is 0.244. The summed E-state index contributed by atoms with van der Waals surface area (Å²) in [6, 6.07) is 17.1. The molecule has 5 rings (SSSR count). The van der Waals surface area contributed by atoms with Gasteiger partial charge >= 0.3 is 0 Å². The van der Waals surface area contributed by atoms with Gasteiger partial charge in [-0.15, -0.1) is 6.58 Å². The average Bonchev–Trinajstić information content (AvgIpc) is 3.32. The minimum Gasteiger partial charge on any atom is -0.363 e. The van der Waals surface area contributed by atoms with Gasteiger partial charge in [0.05, 0.1) is 24.3 Å². The maximum Gasteiger partial charge on any atom is 0.182 e. The van der Waals surface area contributed by atoms with Gasteiger partial charge in [0.15, 0.2) is 10.8 Å². The highest BCUT2D eigenvalue weighted by atomic mass is 15.2. The number of rotatable bonds is 1. The first-order valence-corrected chi connectivity index (χ1v) is 9.93. The van der Waals surface area contributed by atoms with Crippen LogP contribution >= 0.6 is 0 Å². The molecule has 4 aliphatic rings. The van der Waals surface area contributed by atoms with Crippen molar-refractivity contribution in [3.8, 4) is 24.3 Å². The highest BCUT2D eigenvalue weighted by Gasteiger charge is 2.68. The van der Waals surface area contributed by atoms with Crippen LogP contribution in [0.5, 0.6) is 0 Å².